The molecule has 4 aromatic heterocycles. The molecular weight excluding hydrogens is 699 g/mol. The first-order chi connectivity index (χ1) is 23.2. The third kappa shape index (κ3) is 6.58. The molecule has 18 nitrogen and oxygen atoms in total. The van der Waals surface area contributed by atoms with E-state index >= 15 is 0 Å². The first-order valence-electron chi connectivity index (χ1n) is 14.5. The van der Waals surface area contributed by atoms with Crippen molar-refractivity contribution in [1.29, 1.82) is 0 Å². The van der Waals surface area contributed by atoms with Gasteiger partial charge in [0.2, 0.25) is 11.5 Å². The van der Waals surface area contributed by atoms with E-state index in [-0.39, 0.29) is 41.2 Å². The van der Waals surface area contributed by atoms with Gasteiger partial charge in [0.05, 0.1) is 30.1 Å². The summed E-state index contributed by atoms with van der Waals surface area (Å²) in [6, 6.07) is 1.89. The number of β-lactam (4-membered cyclic amide) rings is 1. The summed E-state index contributed by atoms with van der Waals surface area (Å²) < 4.78 is 5.68. The molecule has 6 heterocycles. The summed E-state index contributed by atoms with van der Waals surface area (Å²) in [5.41, 5.74) is 15.9. The molecule has 0 aliphatic carbocycles. The third-order valence-corrected chi connectivity index (χ3v) is 10.6. The van der Waals surface area contributed by atoms with Gasteiger partial charge in [0, 0.05) is 22.9 Å². The number of rotatable bonds is 13. The molecule has 1 amide bonds. The Bertz CT molecular complexity index is 2090. The quantitative estimate of drug-likeness (QED) is 0.0416. The zero-order valence-corrected chi connectivity index (χ0v) is 28.4. The van der Waals surface area contributed by atoms with E-state index in [2.05, 4.69) is 20.1 Å². The number of guanidine groups is 1. The zero-order valence-electron chi connectivity index (χ0n) is 25.9. The monoisotopic (exact) mass is 728 g/mol. The maximum absolute atomic E-state index is 13.5. The molecule has 49 heavy (non-hydrogen) atoms. The molecule has 8 N–H and O–H groups in total. The van der Waals surface area contributed by atoms with Gasteiger partial charge in [-0.1, -0.05) is 5.16 Å². The van der Waals surface area contributed by atoms with Crippen LogP contribution in [-0.4, -0.2) is 86.3 Å². The lowest BCUT2D eigenvalue weighted by Crippen LogP contribution is -2.62. The Morgan fingerprint density at radius 1 is 1.16 bits per heavy atom. The summed E-state index contributed by atoms with van der Waals surface area (Å²) >= 11 is 3.82. The number of ketones is 1. The largest absolute Gasteiger partial charge is 0.478 e. The number of amides is 1. The second-order valence-electron chi connectivity index (χ2n) is 11.5. The molecule has 0 spiro atoms. The molecule has 1 fully saturated rings. The predicted molar refractivity (Wildman–Crippen MR) is 179 cm³/mol. The fourth-order valence-corrected chi connectivity index (χ4v) is 7.93. The number of imidazole rings is 1. The van der Waals surface area contributed by atoms with Crippen LogP contribution in [0.2, 0.25) is 0 Å². The maximum atomic E-state index is 13.5. The highest BCUT2D eigenvalue weighted by Gasteiger charge is 2.54. The van der Waals surface area contributed by atoms with Crippen LogP contribution in [0.3, 0.4) is 0 Å². The Hall–Kier alpha value is -5.28. The van der Waals surface area contributed by atoms with E-state index < -0.39 is 40.5 Å². The van der Waals surface area contributed by atoms with E-state index in [0.717, 1.165) is 22.0 Å². The highest BCUT2D eigenvalue weighted by molar-refractivity contribution is 8.00. The van der Waals surface area contributed by atoms with Crippen molar-refractivity contribution in [2.45, 2.75) is 44.3 Å². The summed E-state index contributed by atoms with van der Waals surface area (Å²) in [7, 11) is 0. The number of carbonyl (C=O) groups excluding carboxylic acids is 2. The number of thiazole rings is 2. The molecule has 2 aliphatic rings. The molecule has 0 bridgehead atoms. The number of fused-ring (bicyclic) bond motifs is 2. The summed E-state index contributed by atoms with van der Waals surface area (Å²) in [4.78, 5) is 69.8. The van der Waals surface area contributed by atoms with E-state index in [9.17, 15) is 29.4 Å². The highest BCUT2D eigenvalue weighted by atomic mass is 32.2. The maximum Gasteiger partial charge on any atom is 0.352 e. The van der Waals surface area contributed by atoms with Gasteiger partial charge in [-0.05, 0) is 19.4 Å². The Morgan fingerprint density at radius 3 is 2.61 bits per heavy atom. The number of nitrogens with zero attached hydrogens (tertiary/aromatic N) is 8. The topological polar surface area (TPSA) is 263 Å². The molecule has 0 unspecified atom stereocenters. The van der Waals surface area contributed by atoms with Crippen LogP contribution < -0.4 is 21.8 Å². The van der Waals surface area contributed by atoms with Crippen molar-refractivity contribution >= 4 is 86.3 Å². The number of anilines is 1. The number of hydrogen-bond acceptors (Lipinski definition) is 13. The van der Waals surface area contributed by atoms with Gasteiger partial charge in [0.1, 0.15) is 29.1 Å². The van der Waals surface area contributed by atoms with Gasteiger partial charge in [0.15, 0.2) is 34.6 Å². The van der Waals surface area contributed by atoms with Crippen molar-refractivity contribution in [2.75, 3.05) is 11.5 Å². The first-order valence-corrected chi connectivity index (χ1v) is 17.3. The standard InChI is InChI=1S/C28H29N11O7S3/c1-28(2,25(44)45)46-35-20(15-11-49-27(31)32-15)16(40)7-14-22(41)39-21(24(42)43)13(10-48-23(14)39)8-37-4-3-19-36(5-6-38(19)37)9-18-33-17(12-47-18)34-26(29)30/h3-6,11-12,14,23H,7-10H2,1-2H3,(H7-,29,30,31,32,34,42,43,44,45)/p+1/b35-20-/t14-,23-/m1/s1. The third-order valence-electron chi connectivity index (χ3n) is 7.71. The van der Waals surface area contributed by atoms with Gasteiger partial charge in [0.25, 0.3) is 0 Å². The average Bonchev–Trinajstić information content (AvgIpc) is 3.83. The minimum atomic E-state index is -1.75. The Labute approximate surface area is 289 Å². The fourth-order valence-electron chi connectivity index (χ4n) is 5.27. The van der Waals surface area contributed by atoms with Gasteiger partial charge in [-0.3, -0.25) is 14.5 Å². The molecule has 1 saturated heterocycles. The van der Waals surface area contributed by atoms with E-state index in [4.69, 9.17) is 22.0 Å². The van der Waals surface area contributed by atoms with E-state index in [1.165, 1.54) is 47.2 Å². The zero-order chi connectivity index (χ0) is 35.2. The SMILES string of the molecule is CC(C)(O/N=C(\C(=O)C[C@@H]1C(=O)N2C(C(=O)O)=C(Cn3ccc4n3cc[n+]4Cc3nc(N=C(N)N)cs3)CS[C@H]12)c1csc(N)n1)C(=O)O. The van der Waals surface area contributed by atoms with Gasteiger partial charge in [-0.25, -0.2) is 28.8 Å². The predicted octanol–water partition coefficient (Wildman–Crippen LogP) is 0.590. The van der Waals surface area contributed by atoms with Crippen LogP contribution in [0.25, 0.3) is 5.65 Å². The lowest BCUT2D eigenvalue weighted by Gasteiger charge is -2.49. The van der Waals surface area contributed by atoms with Crippen LogP contribution in [0.5, 0.6) is 0 Å². The van der Waals surface area contributed by atoms with Gasteiger partial charge in [-0.2, -0.15) is 4.99 Å². The molecule has 0 saturated carbocycles. The fraction of sp³-hybridized carbons (Fsp3) is 0.321. The second-order valence-corrected chi connectivity index (χ2v) is 14.4. The van der Waals surface area contributed by atoms with Crippen molar-refractivity contribution in [3.63, 3.8) is 0 Å². The van der Waals surface area contributed by atoms with Crippen LogP contribution in [0.4, 0.5) is 10.9 Å². The number of thioether (sulfide) groups is 1. The van der Waals surface area contributed by atoms with Crippen molar-refractivity contribution in [2.24, 2.45) is 27.5 Å². The number of hydrogen-bond donors (Lipinski definition) is 5. The smallest absolute Gasteiger partial charge is 0.352 e. The van der Waals surface area contributed by atoms with Crippen LogP contribution in [0.15, 0.2) is 56.8 Å². The number of aliphatic imine (C=N–C) groups is 1. The van der Waals surface area contributed by atoms with E-state index in [1.54, 1.807) is 5.38 Å². The normalized spacial score (nSPS) is 18.0. The van der Waals surface area contributed by atoms with Crippen LogP contribution in [-0.2, 0) is 37.1 Å². The number of Topliss-reactive ketones (excluding diaryl/α,β-unsaturated/α-hetero) is 1. The van der Waals surface area contributed by atoms with Gasteiger partial charge >= 0.3 is 17.6 Å². The minimum absolute atomic E-state index is 0.0775. The van der Waals surface area contributed by atoms with Crippen LogP contribution in [0.1, 0.15) is 31.0 Å². The first kappa shape index (κ1) is 33.6. The Morgan fingerprint density at radius 2 is 1.94 bits per heavy atom. The molecule has 2 atom stereocenters. The summed E-state index contributed by atoms with van der Waals surface area (Å²) in [6.07, 6.45) is 5.21. The van der Waals surface area contributed by atoms with Crippen LogP contribution >= 0.6 is 34.4 Å². The highest BCUT2D eigenvalue weighted by Crippen LogP contribution is 2.45. The molecular formula is C28H30N11O7S3+. The summed E-state index contributed by atoms with van der Waals surface area (Å²) in [6.45, 7) is 3.18. The number of nitrogens with two attached hydrogens (primary N) is 3. The number of carboxylic acid groups (broad SMARTS) is 2. The minimum Gasteiger partial charge on any atom is -0.478 e. The number of carboxylic acids is 2. The molecule has 6 rings (SSSR count). The molecule has 4 aromatic rings. The lowest BCUT2D eigenvalue weighted by molar-refractivity contribution is -0.661. The van der Waals surface area contributed by atoms with Crippen molar-refractivity contribution in [3.8, 4) is 0 Å². The van der Waals surface area contributed by atoms with Crippen molar-refractivity contribution < 1.29 is 38.8 Å². The number of aliphatic carboxylic acids is 2. The van der Waals surface area contributed by atoms with Crippen molar-refractivity contribution in [3.05, 3.63) is 57.4 Å². The second kappa shape index (κ2) is 13.0. The molecule has 0 radical (unpaired) electrons. The van der Waals surface area contributed by atoms with E-state index in [0.29, 0.717) is 23.7 Å². The van der Waals surface area contributed by atoms with E-state index in [1.807, 2.05) is 38.4 Å². The Balaban J connectivity index is 1.19. The number of oxime groups is 1. The van der Waals surface area contributed by atoms with Crippen LogP contribution in [0, 0.1) is 5.92 Å². The molecule has 0 aromatic carbocycles. The Kier molecular flexibility index (Phi) is 8.90. The number of nitrogen functional groups attached to an aromatic ring is 1. The number of carbonyl (C=O) groups is 4. The summed E-state index contributed by atoms with van der Waals surface area (Å²) in [5.74, 6) is -3.91. The summed E-state index contributed by atoms with van der Waals surface area (Å²) in [5, 5.41) is 27.0. The van der Waals surface area contributed by atoms with Gasteiger partial charge in [-0.15, -0.1) is 39.0 Å². The number of aromatic nitrogens is 5. The van der Waals surface area contributed by atoms with Crippen molar-refractivity contribution in [1.82, 2.24) is 24.1 Å². The lowest BCUT2D eigenvalue weighted by atomic mass is 9.89. The van der Waals surface area contributed by atoms with Gasteiger partial charge < -0.3 is 32.3 Å². The molecule has 2 aliphatic heterocycles. The molecule has 21 heteroatoms. The average molecular weight is 729 g/mol. The molecule has 256 valence electrons.